The summed E-state index contributed by atoms with van der Waals surface area (Å²) < 4.78 is 1.72. The van der Waals surface area contributed by atoms with Gasteiger partial charge in [-0.05, 0) is 58.4 Å². The summed E-state index contributed by atoms with van der Waals surface area (Å²) in [5.41, 5.74) is 3.50. The average Bonchev–Trinajstić information content (AvgIpc) is 2.86. The van der Waals surface area contributed by atoms with Crippen molar-refractivity contribution in [2.24, 2.45) is 0 Å². The largest absolute Gasteiger partial charge is 0.372 e. The van der Waals surface area contributed by atoms with Crippen LogP contribution in [0.3, 0.4) is 0 Å². The van der Waals surface area contributed by atoms with Crippen molar-refractivity contribution in [1.29, 1.82) is 0 Å². The van der Waals surface area contributed by atoms with Crippen molar-refractivity contribution in [2.45, 2.75) is 47.1 Å². The zero-order chi connectivity index (χ0) is 18.6. The maximum Gasteiger partial charge on any atom is 0.249 e. The van der Waals surface area contributed by atoms with E-state index in [1.165, 1.54) is 0 Å². The number of nitrogens with zero attached hydrogens (tertiary/aromatic N) is 3. The highest BCUT2D eigenvalue weighted by Crippen LogP contribution is 2.25. The smallest absolute Gasteiger partial charge is 0.249 e. The Morgan fingerprint density at radius 2 is 1.80 bits per heavy atom. The summed E-state index contributed by atoms with van der Waals surface area (Å²) in [4.78, 5) is 15.0. The van der Waals surface area contributed by atoms with Crippen molar-refractivity contribution >= 4 is 28.9 Å². The minimum atomic E-state index is -0.381. The molecule has 1 unspecified atom stereocenters. The van der Waals surface area contributed by atoms with Gasteiger partial charge in [0.15, 0.2) is 0 Å². The summed E-state index contributed by atoms with van der Waals surface area (Å²) in [6.07, 6.45) is 0.641. The number of benzene rings is 1. The van der Waals surface area contributed by atoms with Gasteiger partial charge in [-0.3, -0.25) is 9.48 Å². The fraction of sp³-hybridized carbons (Fsp3) is 0.474. The van der Waals surface area contributed by atoms with Gasteiger partial charge >= 0.3 is 0 Å². The Hall–Kier alpha value is -2.01. The molecule has 2 aromatic rings. The highest BCUT2D eigenvalue weighted by Gasteiger charge is 2.23. The van der Waals surface area contributed by atoms with E-state index in [9.17, 15) is 4.79 Å². The summed E-state index contributed by atoms with van der Waals surface area (Å²) >= 11 is 6.22. The van der Waals surface area contributed by atoms with Gasteiger partial charge in [0, 0.05) is 24.5 Å². The molecule has 0 saturated heterocycles. The molecule has 0 spiro atoms. The van der Waals surface area contributed by atoms with Crippen molar-refractivity contribution in [3.05, 3.63) is 40.7 Å². The number of aromatic nitrogens is 2. The summed E-state index contributed by atoms with van der Waals surface area (Å²) in [5.74, 6) is -0.0830. The Morgan fingerprint density at radius 3 is 2.24 bits per heavy atom. The van der Waals surface area contributed by atoms with Crippen LogP contribution in [-0.2, 0) is 4.79 Å². The van der Waals surface area contributed by atoms with Gasteiger partial charge in [0.2, 0.25) is 5.91 Å². The Balaban J connectivity index is 2.15. The Kier molecular flexibility index (Phi) is 6.48. The van der Waals surface area contributed by atoms with Crippen molar-refractivity contribution in [2.75, 3.05) is 23.3 Å². The fourth-order valence-corrected chi connectivity index (χ4v) is 3.11. The lowest BCUT2D eigenvalue weighted by molar-refractivity contribution is -0.119. The lowest BCUT2D eigenvalue weighted by Gasteiger charge is -2.21. The normalized spacial score (nSPS) is 12.1. The minimum Gasteiger partial charge on any atom is -0.372 e. The first-order chi connectivity index (χ1) is 11.9. The van der Waals surface area contributed by atoms with Crippen LogP contribution >= 0.6 is 11.6 Å². The molecule has 0 aliphatic carbocycles. The van der Waals surface area contributed by atoms with Crippen LogP contribution in [0.2, 0.25) is 5.02 Å². The molecule has 1 atom stereocenters. The van der Waals surface area contributed by atoms with Gasteiger partial charge in [0.25, 0.3) is 0 Å². The zero-order valence-electron chi connectivity index (χ0n) is 15.6. The van der Waals surface area contributed by atoms with Crippen LogP contribution in [0.4, 0.5) is 11.4 Å². The fourth-order valence-electron chi connectivity index (χ4n) is 2.99. The first-order valence-corrected chi connectivity index (χ1v) is 9.17. The second-order valence-electron chi connectivity index (χ2n) is 6.06. The first-order valence-electron chi connectivity index (χ1n) is 8.79. The zero-order valence-corrected chi connectivity index (χ0v) is 16.4. The standard InChI is InChI=1S/C19H27ClN4O/c1-6-17(24-14(5)18(20)13(4)22-24)19(25)21-15-9-11-16(12-10-15)23(7-2)8-3/h9-12,17H,6-8H2,1-5H3,(H,21,25). The number of amides is 1. The molecule has 25 heavy (non-hydrogen) atoms. The van der Waals surface area contributed by atoms with E-state index in [1.54, 1.807) is 4.68 Å². The highest BCUT2D eigenvalue weighted by molar-refractivity contribution is 6.31. The molecule has 0 saturated carbocycles. The Labute approximate surface area is 155 Å². The van der Waals surface area contributed by atoms with Crippen LogP contribution in [0.15, 0.2) is 24.3 Å². The molecule has 5 nitrogen and oxygen atoms in total. The van der Waals surface area contributed by atoms with Gasteiger partial charge in [-0.15, -0.1) is 0 Å². The summed E-state index contributed by atoms with van der Waals surface area (Å²) in [7, 11) is 0. The van der Waals surface area contributed by atoms with Gasteiger partial charge in [-0.1, -0.05) is 18.5 Å². The van der Waals surface area contributed by atoms with E-state index in [0.29, 0.717) is 11.4 Å². The number of nitrogens with one attached hydrogen (secondary N) is 1. The van der Waals surface area contributed by atoms with Crippen molar-refractivity contribution in [1.82, 2.24) is 9.78 Å². The van der Waals surface area contributed by atoms with Gasteiger partial charge in [0.05, 0.1) is 16.4 Å². The summed E-state index contributed by atoms with van der Waals surface area (Å²) in [6, 6.07) is 7.56. The predicted molar refractivity (Wildman–Crippen MR) is 105 cm³/mol. The Morgan fingerprint density at radius 1 is 1.20 bits per heavy atom. The quantitative estimate of drug-likeness (QED) is 0.783. The first kappa shape index (κ1) is 19.3. The van der Waals surface area contributed by atoms with Crippen LogP contribution in [-0.4, -0.2) is 28.8 Å². The molecule has 0 radical (unpaired) electrons. The third kappa shape index (κ3) is 4.15. The van der Waals surface area contributed by atoms with Crippen LogP contribution < -0.4 is 10.2 Å². The van der Waals surface area contributed by atoms with Crippen molar-refractivity contribution < 1.29 is 4.79 Å². The van der Waals surface area contributed by atoms with Crippen molar-refractivity contribution in [3.8, 4) is 0 Å². The molecule has 0 fully saturated rings. The molecular weight excluding hydrogens is 336 g/mol. The van der Waals surface area contributed by atoms with Gasteiger partial charge in [0.1, 0.15) is 6.04 Å². The number of hydrogen-bond donors (Lipinski definition) is 1. The molecule has 0 bridgehead atoms. The van der Waals surface area contributed by atoms with E-state index in [2.05, 4.69) is 29.2 Å². The van der Waals surface area contributed by atoms with Gasteiger partial charge < -0.3 is 10.2 Å². The van der Waals surface area contributed by atoms with Crippen molar-refractivity contribution in [3.63, 3.8) is 0 Å². The molecule has 1 aromatic carbocycles. The summed E-state index contributed by atoms with van der Waals surface area (Å²) in [5, 5.41) is 8.03. The van der Waals surface area contributed by atoms with E-state index >= 15 is 0 Å². The van der Waals surface area contributed by atoms with E-state index in [4.69, 9.17) is 11.6 Å². The molecule has 0 aliphatic rings. The highest BCUT2D eigenvalue weighted by atomic mass is 35.5. The molecule has 1 N–H and O–H groups in total. The Bertz CT molecular complexity index is 720. The number of carbonyl (C=O) groups excluding carboxylic acids is 1. The SMILES string of the molecule is CCC(C(=O)Nc1ccc(N(CC)CC)cc1)n1nc(C)c(Cl)c1C. The van der Waals surface area contributed by atoms with Gasteiger partial charge in [-0.2, -0.15) is 5.10 Å². The van der Waals surface area contributed by atoms with E-state index in [-0.39, 0.29) is 11.9 Å². The molecule has 2 rings (SSSR count). The molecule has 6 heteroatoms. The molecule has 1 amide bonds. The lowest BCUT2D eigenvalue weighted by Crippen LogP contribution is -2.27. The van der Waals surface area contributed by atoms with Crippen LogP contribution in [0.5, 0.6) is 0 Å². The maximum atomic E-state index is 12.7. The van der Waals surface area contributed by atoms with Crippen LogP contribution in [0, 0.1) is 13.8 Å². The van der Waals surface area contributed by atoms with Gasteiger partial charge in [-0.25, -0.2) is 0 Å². The number of anilines is 2. The van der Waals surface area contributed by atoms with E-state index in [1.807, 2.05) is 45.0 Å². The number of rotatable bonds is 7. The molecule has 136 valence electrons. The molecule has 0 aliphatic heterocycles. The average molecular weight is 363 g/mol. The maximum absolute atomic E-state index is 12.7. The van der Waals surface area contributed by atoms with Crippen LogP contribution in [0.1, 0.15) is 44.6 Å². The molecular formula is C19H27ClN4O. The monoisotopic (exact) mass is 362 g/mol. The van der Waals surface area contributed by atoms with Crippen LogP contribution in [0.25, 0.3) is 0 Å². The number of hydrogen-bond acceptors (Lipinski definition) is 3. The lowest BCUT2D eigenvalue weighted by atomic mass is 10.2. The topological polar surface area (TPSA) is 50.2 Å². The number of aryl methyl sites for hydroxylation is 1. The third-order valence-corrected chi connectivity index (χ3v) is 5.03. The second-order valence-corrected chi connectivity index (χ2v) is 6.44. The molecule has 1 aromatic heterocycles. The van der Waals surface area contributed by atoms with E-state index < -0.39 is 0 Å². The van der Waals surface area contributed by atoms with E-state index in [0.717, 1.165) is 35.9 Å². The number of halogens is 1. The third-order valence-electron chi connectivity index (χ3n) is 4.48. The minimum absolute atomic E-state index is 0.0830. The number of carbonyl (C=O) groups is 1. The molecule has 1 heterocycles. The second kappa shape index (κ2) is 8.39. The predicted octanol–water partition coefficient (Wildman–Crippen LogP) is 4.59. The summed E-state index contributed by atoms with van der Waals surface area (Å²) in [6.45, 7) is 11.9.